The van der Waals surface area contributed by atoms with E-state index in [1.165, 1.54) is 5.57 Å². The molecule has 0 bridgehead atoms. The maximum Gasteiger partial charge on any atom is 0.305 e. The molecule has 1 rings (SSSR count). The number of hydrogen-bond donors (Lipinski definition) is 0. The number of rotatable bonds is 7. The number of nitrogens with zero attached hydrogens (tertiary/aromatic N) is 2. The van der Waals surface area contributed by atoms with Crippen LogP contribution in [0.1, 0.15) is 75.2 Å². The highest BCUT2D eigenvalue weighted by molar-refractivity contribution is 7.16. The molecule has 0 fully saturated rings. The summed E-state index contributed by atoms with van der Waals surface area (Å²) in [5, 5.41) is 0.434. The normalized spacial score (nSPS) is 20.6. The van der Waals surface area contributed by atoms with Crippen molar-refractivity contribution in [3.8, 4) is 0 Å². The van der Waals surface area contributed by atoms with Crippen LogP contribution in [-0.4, -0.2) is 24.0 Å². The van der Waals surface area contributed by atoms with E-state index in [-0.39, 0.29) is 17.1 Å². The number of ketones is 1. The van der Waals surface area contributed by atoms with Gasteiger partial charge < -0.3 is 5.53 Å². The monoisotopic (exact) mass is 374 g/mol. The highest BCUT2D eigenvalue weighted by atomic mass is 28.3. The van der Waals surface area contributed by atoms with Gasteiger partial charge in [-0.1, -0.05) is 73.1 Å². The SMILES string of the molecule is CC1=CCCC(C)(C)C1/C=C/C(=O)C(=[N+]=[N-])[Si](C(C)C)(C(C)C)C(C)C. The minimum atomic E-state index is -2.27. The Balaban J connectivity index is 3.30. The lowest BCUT2D eigenvalue weighted by atomic mass is 9.68. The lowest BCUT2D eigenvalue weighted by Gasteiger charge is -2.38. The van der Waals surface area contributed by atoms with E-state index < -0.39 is 8.07 Å². The molecule has 0 spiro atoms. The Morgan fingerprint density at radius 3 is 2.08 bits per heavy atom. The van der Waals surface area contributed by atoms with Gasteiger partial charge in [0.1, 0.15) is 0 Å². The first-order valence-electron chi connectivity index (χ1n) is 10.0. The second-order valence-corrected chi connectivity index (χ2v) is 15.3. The minimum absolute atomic E-state index is 0.107. The molecule has 0 saturated heterocycles. The summed E-state index contributed by atoms with van der Waals surface area (Å²) >= 11 is 0. The molecular weight excluding hydrogens is 336 g/mol. The van der Waals surface area contributed by atoms with Crippen molar-refractivity contribution >= 4 is 19.2 Å². The molecule has 0 radical (unpaired) electrons. The van der Waals surface area contributed by atoms with E-state index in [1.807, 2.05) is 6.08 Å². The second-order valence-electron chi connectivity index (χ2n) is 9.52. The molecular formula is C22H38N2OSi. The molecule has 0 aromatic carbocycles. The van der Waals surface area contributed by atoms with Crippen molar-refractivity contribution < 1.29 is 9.58 Å². The first kappa shape index (κ1) is 22.8. The van der Waals surface area contributed by atoms with E-state index in [9.17, 15) is 10.3 Å². The Hall–Kier alpha value is -1.25. The van der Waals surface area contributed by atoms with Crippen LogP contribution in [0.5, 0.6) is 0 Å². The van der Waals surface area contributed by atoms with Gasteiger partial charge in [0.05, 0.1) is 0 Å². The third kappa shape index (κ3) is 4.18. The van der Waals surface area contributed by atoms with Crippen molar-refractivity contribution in [2.45, 2.75) is 91.8 Å². The smallest absolute Gasteiger partial charge is 0.305 e. The molecule has 0 aromatic heterocycles. The summed E-state index contributed by atoms with van der Waals surface area (Å²) in [6.45, 7) is 19.7. The zero-order valence-electron chi connectivity index (χ0n) is 18.3. The molecule has 0 N–H and O–H groups in total. The van der Waals surface area contributed by atoms with E-state index >= 15 is 0 Å². The van der Waals surface area contributed by atoms with Crippen LogP contribution in [0.4, 0.5) is 0 Å². The zero-order chi connectivity index (χ0) is 20.3. The lowest BCUT2D eigenvalue weighted by molar-refractivity contribution is -0.112. The number of hydrogen-bond acceptors (Lipinski definition) is 1. The summed E-state index contributed by atoms with van der Waals surface area (Å²) in [6, 6.07) is 0. The molecule has 0 amide bonds. The first-order chi connectivity index (χ1) is 11.9. The van der Waals surface area contributed by atoms with E-state index in [0.717, 1.165) is 12.8 Å². The largest absolute Gasteiger partial charge is 0.362 e. The number of carbonyl (C=O) groups is 1. The standard InChI is InChI=1S/C22H38N2OSi/c1-15(2)26(16(3)4,17(5)6)21(24-23)20(25)13-12-19-18(7)11-10-14-22(19,8)9/h11-13,15-17,19H,10,14H2,1-9H3/b13-12+. The quantitative estimate of drug-likeness (QED) is 0.127. The Labute approximate surface area is 161 Å². The van der Waals surface area contributed by atoms with Gasteiger partial charge in [0.25, 0.3) is 5.78 Å². The average Bonchev–Trinajstić information content (AvgIpc) is 2.49. The third-order valence-corrected chi connectivity index (χ3v) is 13.5. The average molecular weight is 375 g/mol. The molecule has 0 saturated carbocycles. The maximum absolute atomic E-state index is 13.1. The molecule has 1 unspecified atom stereocenters. The Morgan fingerprint density at radius 1 is 1.19 bits per heavy atom. The highest BCUT2D eigenvalue weighted by Crippen LogP contribution is 2.43. The summed E-state index contributed by atoms with van der Waals surface area (Å²) in [5.41, 5.74) is 12.3. The van der Waals surface area contributed by atoms with E-state index in [0.29, 0.717) is 22.0 Å². The fourth-order valence-corrected chi connectivity index (χ4v) is 11.7. The molecule has 4 heteroatoms. The molecule has 3 nitrogen and oxygen atoms in total. The van der Waals surface area contributed by atoms with Crippen LogP contribution in [0.3, 0.4) is 0 Å². The van der Waals surface area contributed by atoms with E-state index in [1.54, 1.807) is 6.08 Å². The summed E-state index contributed by atoms with van der Waals surface area (Å²) < 4.78 is 0. The van der Waals surface area contributed by atoms with Gasteiger partial charge in [0.2, 0.25) is 8.07 Å². The van der Waals surface area contributed by atoms with Crippen molar-refractivity contribution in [2.24, 2.45) is 11.3 Å². The summed E-state index contributed by atoms with van der Waals surface area (Å²) in [4.78, 5) is 16.7. The summed E-state index contributed by atoms with van der Waals surface area (Å²) in [7, 11) is -2.27. The minimum Gasteiger partial charge on any atom is -0.362 e. The van der Waals surface area contributed by atoms with Gasteiger partial charge in [0, 0.05) is 5.92 Å². The van der Waals surface area contributed by atoms with Crippen molar-refractivity contribution in [3.05, 3.63) is 29.3 Å². The number of allylic oxidation sites excluding steroid dienone is 4. The van der Waals surface area contributed by atoms with Gasteiger partial charge in [-0.3, -0.25) is 4.79 Å². The molecule has 0 heterocycles. The van der Waals surface area contributed by atoms with Crippen LogP contribution in [0.2, 0.25) is 16.6 Å². The van der Waals surface area contributed by atoms with Crippen molar-refractivity contribution in [3.63, 3.8) is 0 Å². The predicted molar refractivity (Wildman–Crippen MR) is 114 cm³/mol. The molecule has 146 valence electrons. The molecule has 1 aliphatic carbocycles. The Morgan fingerprint density at radius 2 is 1.69 bits per heavy atom. The third-order valence-electron chi connectivity index (χ3n) is 6.64. The zero-order valence-corrected chi connectivity index (χ0v) is 19.3. The molecule has 0 aliphatic heterocycles. The topological polar surface area (TPSA) is 53.5 Å². The Bertz CT molecular complexity index is 613. The summed E-state index contributed by atoms with van der Waals surface area (Å²) in [5.74, 6) is 0.151. The summed E-state index contributed by atoms with van der Waals surface area (Å²) in [6.07, 6.45) is 8.22. The van der Waals surface area contributed by atoms with Crippen LogP contribution in [0.25, 0.3) is 5.53 Å². The van der Waals surface area contributed by atoms with Crippen molar-refractivity contribution in [1.82, 2.24) is 0 Å². The van der Waals surface area contributed by atoms with Gasteiger partial charge in [0.15, 0.2) is 0 Å². The molecule has 1 atom stereocenters. The fourth-order valence-electron chi connectivity index (χ4n) is 5.42. The predicted octanol–water partition coefficient (Wildman–Crippen LogP) is 6.38. The highest BCUT2D eigenvalue weighted by Gasteiger charge is 2.55. The molecule has 1 aliphatic rings. The van der Waals surface area contributed by atoms with Crippen LogP contribution < -0.4 is 0 Å². The van der Waals surface area contributed by atoms with Gasteiger partial charge in [-0.2, -0.15) is 4.79 Å². The van der Waals surface area contributed by atoms with Gasteiger partial charge in [-0.25, -0.2) is 0 Å². The second kappa shape index (κ2) is 8.62. The van der Waals surface area contributed by atoms with Crippen molar-refractivity contribution in [2.75, 3.05) is 0 Å². The number of carbonyl (C=O) groups excluding carboxylic acids is 1. The Kier molecular flexibility index (Phi) is 7.56. The molecule has 0 aromatic rings. The lowest BCUT2D eigenvalue weighted by Crippen LogP contribution is -2.56. The van der Waals surface area contributed by atoms with E-state index in [2.05, 4.69) is 73.2 Å². The van der Waals surface area contributed by atoms with Gasteiger partial charge in [-0.05, 0) is 47.9 Å². The van der Waals surface area contributed by atoms with Crippen LogP contribution in [0.15, 0.2) is 23.8 Å². The first-order valence-corrected chi connectivity index (χ1v) is 12.3. The van der Waals surface area contributed by atoms with Gasteiger partial charge >= 0.3 is 5.33 Å². The van der Waals surface area contributed by atoms with E-state index in [4.69, 9.17) is 0 Å². The fraction of sp³-hybridized carbons (Fsp3) is 0.727. The van der Waals surface area contributed by atoms with Crippen molar-refractivity contribution in [1.29, 1.82) is 0 Å². The molecule has 26 heavy (non-hydrogen) atoms. The van der Waals surface area contributed by atoms with Crippen LogP contribution >= 0.6 is 0 Å². The maximum atomic E-state index is 13.1. The van der Waals surface area contributed by atoms with Crippen LogP contribution in [-0.2, 0) is 4.79 Å². The van der Waals surface area contributed by atoms with Crippen LogP contribution in [0, 0.1) is 11.3 Å². The van der Waals surface area contributed by atoms with Gasteiger partial charge in [-0.15, -0.1) is 0 Å².